The Bertz CT molecular complexity index is 949. The van der Waals surface area contributed by atoms with Crippen molar-refractivity contribution in [2.75, 3.05) is 19.7 Å². The Labute approximate surface area is 139 Å². The van der Waals surface area contributed by atoms with Crippen molar-refractivity contribution < 1.29 is 9.52 Å². The Balaban J connectivity index is 1.75. The molecule has 6 nitrogen and oxygen atoms in total. The lowest BCUT2D eigenvalue weighted by Crippen LogP contribution is -2.24. The van der Waals surface area contributed by atoms with Crippen molar-refractivity contribution in [2.24, 2.45) is 5.92 Å². The Kier molecular flexibility index (Phi) is 3.90. The van der Waals surface area contributed by atoms with Crippen LogP contribution in [0.5, 0.6) is 0 Å². The summed E-state index contributed by atoms with van der Waals surface area (Å²) in [5.74, 6) is 0.956. The fourth-order valence-corrected chi connectivity index (χ4v) is 3.39. The number of aliphatic hydroxyl groups excluding tert-OH is 1. The first-order valence-electron chi connectivity index (χ1n) is 8.26. The maximum absolute atomic E-state index is 12.4. The van der Waals surface area contributed by atoms with Gasteiger partial charge in [0.05, 0.1) is 6.54 Å². The van der Waals surface area contributed by atoms with Gasteiger partial charge in [-0.3, -0.25) is 9.69 Å². The maximum atomic E-state index is 12.4. The van der Waals surface area contributed by atoms with Crippen LogP contribution in [0, 0.1) is 5.92 Å². The molecule has 123 valence electrons. The number of aliphatic hydroxyl groups is 1. The number of hydrogen-bond acceptors (Lipinski definition) is 5. The highest BCUT2D eigenvalue weighted by Crippen LogP contribution is 2.24. The number of benzene rings is 1. The van der Waals surface area contributed by atoms with Crippen LogP contribution in [0.1, 0.15) is 12.2 Å². The predicted octanol–water partition coefficient (Wildman–Crippen LogP) is 0.861. The van der Waals surface area contributed by atoms with Crippen LogP contribution in [0.25, 0.3) is 22.1 Å². The Hall–Kier alpha value is -2.12. The monoisotopic (exact) mass is 324 g/mol. The first-order chi connectivity index (χ1) is 11.7. The van der Waals surface area contributed by atoms with E-state index in [1.165, 1.54) is 0 Å². The molecule has 1 aliphatic rings. The average molecular weight is 324 g/mol. The molecule has 24 heavy (non-hydrogen) atoms. The largest absolute Gasteiger partial charge is 0.449 e. The molecule has 4 rings (SSSR count). The summed E-state index contributed by atoms with van der Waals surface area (Å²) in [6, 6.07) is 5.83. The molecule has 1 radical (unpaired) electrons. The van der Waals surface area contributed by atoms with Crippen LogP contribution < -0.4 is 11.0 Å². The molecular weight excluding hydrogens is 305 g/mol. The standard InChI is InChI=1S/C17H19BN3O3/c1-18-11-2-3-13-12(6-11)15-16(24-13)17(23)20-14(19-15)8-21-5-4-10(7-21)9-22/h2-3,6,10,22H,4-5,7-9H2,1H3,(H,19,20,23)/t10-/m0/s1. The van der Waals surface area contributed by atoms with Crippen molar-refractivity contribution in [1.29, 1.82) is 0 Å². The summed E-state index contributed by atoms with van der Waals surface area (Å²) < 4.78 is 5.68. The number of likely N-dealkylation sites (tertiary alicyclic amines) is 1. The van der Waals surface area contributed by atoms with E-state index >= 15 is 0 Å². The fourth-order valence-electron chi connectivity index (χ4n) is 3.39. The summed E-state index contributed by atoms with van der Waals surface area (Å²) >= 11 is 0. The van der Waals surface area contributed by atoms with Crippen molar-refractivity contribution in [3.63, 3.8) is 0 Å². The summed E-state index contributed by atoms with van der Waals surface area (Å²) in [7, 11) is 2.01. The van der Waals surface area contributed by atoms with Gasteiger partial charge in [0.1, 0.15) is 24.2 Å². The molecule has 1 saturated heterocycles. The first kappa shape index (κ1) is 15.4. The van der Waals surface area contributed by atoms with Crippen molar-refractivity contribution in [2.45, 2.75) is 19.8 Å². The van der Waals surface area contributed by atoms with E-state index in [4.69, 9.17) is 4.42 Å². The smallest absolute Gasteiger partial charge is 0.294 e. The summed E-state index contributed by atoms with van der Waals surface area (Å²) in [6.45, 7) is 4.50. The van der Waals surface area contributed by atoms with E-state index in [-0.39, 0.29) is 17.7 Å². The molecule has 1 fully saturated rings. The highest BCUT2D eigenvalue weighted by atomic mass is 16.3. The van der Waals surface area contributed by atoms with Crippen LogP contribution in [0.4, 0.5) is 0 Å². The molecule has 0 amide bonds. The topological polar surface area (TPSA) is 82.4 Å². The predicted molar refractivity (Wildman–Crippen MR) is 93.9 cm³/mol. The van der Waals surface area contributed by atoms with Gasteiger partial charge in [0.2, 0.25) is 5.58 Å². The van der Waals surface area contributed by atoms with Gasteiger partial charge in [0.15, 0.2) is 0 Å². The molecule has 0 saturated carbocycles. The molecule has 0 unspecified atom stereocenters. The number of fused-ring (bicyclic) bond motifs is 3. The fraction of sp³-hybridized carbons (Fsp3) is 0.412. The van der Waals surface area contributed by atoms with Crippen LogP contribution in [0.2, 0.25) is 6.82 Å². The SMILES string of the molecule is C[B]c1ccc2oc3c(=O)[nH]c(CN4CC[C@H](CO)C4)nc3c2c1. The number of furan rings is 1. The zero-order valence-electron chi connectivity index (χ0n) is 13.6. The minimum atomic E-state index is -0.244. The lowest BCUT2D eigenvalue weighted by Gasteiger charge is -2.14. The van der Waals surface area contributed by atoms with Gasteiger partial charge in [-0.2, -0.15) is 0 Å². The van der Waals surface area contributed by atoms with E-state index in [9.17, 15) is 9.90 Å². The molecule has 1 aliphatic heterocycles. The Morgan fingerprint density at radius 3 is 3.12 bits per heavy atom. The molecule has 3 heterocycles. The quantitative estimate of drug-likeness (QED) is 0.696. The summed E-state index contributed by atoms with van der Waals surface area (Å²) in [5, 5.41) is 10.1. The lowest BCUT2D eigenvalue weighted by atomic mass is 9.73. The van der Waals surface area contributed by atoms with E-state index in [0.717, 1.165) is 30.4 Å². The van der Waals surface area contributed by atoms with Crippen LogP contribution in [-0.2, 0) is 6.54 Å². The number of aromatic amines is 1. The van der Waals surface area contributed by atoms with Gasteiger partial charge in [0, 0.05) is 18.5 Å². The van der Waals surface area contributed by atoms with Crippen molar-refractivity contribution in [3.05, 3.63) is 34.4 Å². The number of aromatic nitrogens is 2. The molecule has 7 heteroatoms. The van der Waals surface area contributed by atoms with Gasteiger partial charge >= 0.3 is 0 Å². The number of nitrogens with zero attached hydrogens (tertiary/aromatic N) is 2. The number of H-pyrrole nitrogens is 1. The third kappa shape index (κ3) is 2.63. The average Bonchev–Trinajstić information content (AvgIpc) is 3.19. The van der Waals surface area contributed by atoms with E-state index in [2.05, 4.69) is 14.9 Å². The highest BCUT2D eigenvalue weighted by molar-refractivity contribution is 6.52. The minimum Gasteiger partial charge on any atom is -0.449 e. The third-order valence-electron chi connectivity index (χ3n) is 4.73. The van der Waals surface area contributed by atoms with Crippen LogP contribution >= 0.6 is 0 Å². The number of rotatable bonds is 4. The second-order valence-corrected chi connectivity index (χ2v) is 6.41. The van der Waals surface area contributed by atoms with Crippen LogP contribution in [0.15, 0.2) is 27.4 Å². The van der Waals surface area contributed by atoms with Gasteiger partial charge < -0.3 is 14.5 Å². The van der Waals surface area contributed by atoms with Crippen molar-refractivity contribution >= 4 is 34.8 Å². The van der Waals surface area contributed by atoms with Crippen molar-refractivity contribution in [1.82, 2.24) is 14.9 Å². The second kappa shape index (κ2) is 6.07. The van der Waals surface area contributed by atoms with Gasteiger partial charge in [-0.25, -0.2) is 4.98 Å². The van der Waals surface area contributed by atoms with E-state index < -0.39 is 0 Å². The van der Waals surface area contributed by atoms with Crippen LogP contribution in [0.3, 0.4) is 0 Å². The first-order valence-corrected chi connectivity index (χ1v) is 8.26. The van der Waals surface area contributed by atoms with Gasteiger partial charge in [-0.1, -0.05) is 24.4 Å². The molecule has 2 aromatic heterocycles. The summed E-state index contributed by atoms with van der Waals surface area (Å²) in [6.07, 6.45) is 0.979. The van der Waals surface area contributed by atoms with Gasteiger partial charge in [-0.05, 0) is 24.9 Å². The van der Waals surface area contributed by atoms with E-state index in [1.54, 1.807) is 0 Å². The minimum absolute atomic E-state index is 0.210. The normalized spacial score (nSPS) is 18.7. The molecule has 1 aromatic carbocycles. The molecule has 0 bridgehead atoms. The molecule has 1 atom stereocenters. The van der Waals surface area contributed by atoms with Gasteiger partial charge in [-0.15, -0.1) is 0 Å². The molecule has 3 aromatic rings. The summed E-state index contributed by atoms with van der Waals surface area (Å²) in [5.41, 5.74) is 2.39. The Morgan fingerprint density at radius 2 is 2.38 bits per heavy atom. The van der Waals surface area contributed by atoms with Gasteiger partial charge in [0.25, 0.3) is 5.56 Å². The maximum Gasteiger partial charge on any atom is 0.294 e. The zero-order chi connectivity index (χ0) is 16.7. The van der Waals surface area contributed by atoms with E-state index in [0.29, 0.717) is 29.4 Å². The van der Waals surface area contributed by atoms with E-state index in [1.807, 2.05) is 32.3 Å². The Morgan fingerprint density at radius 1 is 1.50 bits per heavy atom. The molecular formula is C17H19BN3O3. The number of nitrogens with one attached hydrogen (secondary N) is 1. The zero-order valence-corrected chi connectivity index (χ0v) is 13.6. The van der Waals surface area contributed by atoms with Crippen LogP contribution in [-0.4, -0.2) is 47.0 Å². The molecule has 0 aliphatic carbocycles. The molecule has 0 spiro atoms. The van der Waals surface area contributed by atoms with Crippen molar-refractivity contribution in [3.8, 4) is 0 Å². The second-order valence-electron chi connectivity index (χ2n) is 6.41. The lowest BCUT2D eigenvalue weighted by molar-refractivity contribution is 0.219. The summed E-state index contributed by atoms with van der Waals surface area (Å²) in [4.78, 5) is 22.0. The third-order valence-corrected chi connectivity index (χ3v) is 4.73. The highest BCUT2D eigenvalue weighted by Gasteiger charge is 2.23. The molecule has 2 N–H and O–H groups in total. The number of hydrogen-bond donors (Lipinski definition) is 2.